The number of carbonyl (C=O) groups is 1. The van der Waals surface area contributed by atoms with Crippen LogP contribution in [0.2, 0.25) is 0 Å². The molecule has 0 spiro atoms. The number of anilines is 1. The molecule has 84 valence electrons. The molecule has 4 nitrogen and oxygen atoms in total. The lowest BCUT2D eigenvalue weighted by Gasteiger charge is -2.06. The van der Waals surface area contributed by atoms with Crippen molar-refractivity contribution >= 4 is 23.0 Å². The number of carbonyl (C=O) groups excluding carboxylic acids is 1. The lowest BCUT2D eigenvalue weighted by Crippen LogP contribution is -2.14. The smallest absolute Gasteiger partial charge is 0.225 e. The summed E-state index contributed by atoms with van der Waals surface area (Å²) in [6.07, 6.45) is 5.71. The summed E-state index contributed by atoms with van der Waals surface area (Å²) in [5, 5.41) is 7.87. The number of terminal acetylenes is 1. The van der Waals surface area contributed by atoms with Gasteiger partial charge in [0.15, 0.2) is 4.90 Å². The van der Waals surface area contributed by atoms with Crippen molar-refractivity contribution < 1.29 is 9.35 Å². The van der Waals surface area contributed by atoms with E-state index in [9.17, 15) is 9.35 Å². The number of amides is 1. The van der Waals surface area contributed by atoms with Crippen LogP contribution in [0.4, 0.5) is 5.69 Å². The molecule has 0 fully saturated rings. The Morgan fingerprint density at radius 2 is 2.38 bits per heavy atom. The molecule has 0 saturated carbocycles. The van der Waals surface area contributed by atoms with Gasteiger partial charge in [0, 0.05) is 24.6 Å². The van der Waals surface area contributed by atoms with Crippen LogP contribution in [0.15, 0.2) is 29.2 Å². The average Bonchev–Trinajstić information content (AvgIpc) is 2.26. The Hall–Kier alpha value is -1.48. The number of nitrogens with one attached hydrogen (secondary N) is 1. The van der Waals surface area contributed by atoms with Gasteiger partial charge in [0.05, 0.1) is 11.4 Å². The molecule has 1 rings (SSSR count). The van der Waals surface area contributed by atoms with Gasteiger partial charge < -0.3 is 9.87 Å². The zero-order valence-corrected chi connectivity index (χ0v) is 9.42. The zero-order chi connectivity index (χ0) is 12.0. The van der Waals surface area contributed by atoms with Crippen LogP contribution in [0.25, 0.3) is 0 Å². The van der Waals surface area contributed by atoms with E-state index in [1.165, 1.54) is 0 Å². The zero-order valence-electron chi connectivity index (χ0n) is 8.60. The van der Waals surface area contributed by atoms with E-state index >= 15 is 0 Å². The first-order valence-corrected chi connectivity index (χ1v) is 5.84. The molecule has 1 aromatic rings. The Morgan fingerprint density at radius 3 is 3.00 bits per heavy atom. The Labute approximate surface area is 97.5 Å². The second kappa shape index (κ2) is 6.18. The third kappa shape index (κ3) is 3.95. The van der Waals surface area contributed by atoms with Crippen molar-refractivity contribution in [2.75, 3.05) is 5.32 Å². The molecule has 0 aliphatic heterocycles. The second-order valence-electron chi connectivity index (χ2n) is 3.08. The van der Waals surface area contributed by atoms with Crippen LogP contribution in [0, 0.1) is 12.3 Å². The molecule has 1 unspecified atom stereocenters. The van der Waals surface area contributed by atoms with Crippen molar-refractivity contribution in [3.8, 4) is 12.3 Å². The average molecular weight is 236 g/mol. The first-order valence-electron chi connectivity index (χ1n) is 4.63. The van der Waals surface area contributed by atoms with Gasteiger partial charge >= 0.3 is 0 Å². The minimum atomic E-state index is -1.54. The number of benzene rings is 1. The van der Waals surface area contributed by atoms with Gasteiger partial charge in [0.1, 0.15) is 0 Å². The van der Waals surface area contributed by atoms with Gasteiger partial charge in [-0.05, 0) is 12.1 Å². The Balaban J connectivity index is 2.64. The standard InChI is InChI=1S/C11H12N2O2S/c1-2-3-7-11(14)13-9-5-4-6-10(8-9)16(12)15/h1,4-6,8H,3,7,12H2,(H,13,14). The molecule has 0 aliphatic carbocycles. The molecule has 0 aliphatic rings. The van der Waals surface area contributed by atoms with Crippen LogP contribution >= 0.6 is 0 Å². The minimum absolute atomic E-state index is 0.169. The highest BCUT2D eigenvalue weighted by Crippen LogP contribution is 2.14. The molecule has 16 heavy (non-hydrogen) atoms. The number of hydrogen-bond acceptors (Lipinski definition) is 3. The molecule has 0 heterocycles. The van der Waals surface area contributed by atoms with Crippen molar-refractivity contribution in [3.63, 3.8) is 0 Å². The first kappa shape index (κ1) is 12.6. The van der Waals surface area contributed by atoms with E-state index in [1.807, 2.05) is 0 Å². The monoisotopic (exact) mass is 236 g/mol. The number of hydrogen-bond donors (Lipinski definition) is 2. The summed E-state index contributed by atoms with van der Waals surface area (Å²) in [6, 6.07) is 6.58. The Bertz CT molecular complexity index is 413. The normalized spacial score (nSPS) is 11.6. The predicted molar refractivity (Wildman–Crippen MR) is 63.7 cm³/mol. The van der Waals surface area contributed by atoms with E-state index in [-0.39, 0.29) is 12.3 Å². The Kier molecular flexibility index (Phi) is 4.86. The van der Waals surface area contributed by atoms with Crippen LogP contribution in [-0.4, -0.2) is 10.5 Å². The summed E-state index contributed by atoms with van der Waals surface area (Å²) >= 11 is -1.54. The van der Waals surface area contributed by atoms with Crippen LogP contribution in [0.1, 0.15) is 12.8 Å². The van der Waals surface area contributed by atoms with Gasteiger partial charge in [-0.3, -0.25) is 4.79 Å². The fourth-order valence-electron chi connectivity index (χ4n) is 1.11. The minimum Gasteiger partial charge on any atom is -0.593 e. The Morgan fingerprint density at radius 1 is 1.62 bits per heavy atom. The lowest BCUT2D eigenvalue weighted by molar-refractivity contribution is -0.116. The fourth-order valence-corrected chi connectivity index (χ4v) is 1.56. The maximum atomic E-state index is 11.3. The van der Waals surface area contributed by atoms with Crippen molar-refractivity contribution in [2.45, 2.75) is 17.7 Å². The molecule has 0 saturated heterocycles. The van der Waals surface area contributed by atoms with Gasteiger partial charge in [-0.2, -0.15) is 0 Å². The van der Waals surface area contributed by atoms with E-state index in [0.29, 0.717) is 17.0 Å². The summed E-state index contributed by atoms with van der Waals surface area (Å²) in [4.78, 5) is 11.8. The van der Waals surface area contributed by atoms with Crippen LogP contribution < -0.4 is 10.5 Å². The number of nitrogens with two attached hydrogens (primary N) is 1. The van der Waals surface area contributed by atoms with Gasteiger partial charge in [-0.15, -0.1) is 17.5 Å². The maximum Gasteiger partial charge on any atom is 0.225 e. The summed E-state index contributed by atoms with van der Waals surface area (Å²) in [7, 11) is 0. The molecule has 5 heteroatoms. The quantitative estimate of drug-likeness (QED) is 0.605. The molecule has 0 bridgehead atoms. The van der Waals surface area contributed by atoms with E-state index < -0.39 is 11.4 Å². The molecule has 3 N–H and O–H groups in total. The SMILES string of the molecule is C#CCCC(=O)Nc1cccc([S+](N)[O-])c1. The van der Waals surface area contributed by atoms with E-state index in [2.05, 4.69) is 11.2 Å². The summed E-state index contributed by atoms with van der Waals surface area (Å²) in [5.74, 6) is 2.22. The highest BCUT2D eigenvalue weighted by Gasteiger charge is 2.07. The molecule has 1 amide bonds. The van der Waals surface area contributed by atoms with Crippen molar-refractivity contribution in [3.05, 3.63) is 24.3 Å². The highest BCUT2D eigenvalue weighted by molar-refractivity contribution is 7.89. The van der Waals surface area contributed by atoms with E-state index in [0.717, 1.165) is 0 Å². The highest BCUT2D eigenvalue weighted by atomic mass is 32.2. The molecular weight excluding hydrogens is 224 g/mol. The fraction of sp³-hybridized carbons (Fsp3) is 0.182. The second-order valence-corrected chi connectivity index (χ2v) is 4.14. The van der Waals surface area contributed by atoms with Crippen LogP contribution in [-0.2, 0) is 16.2 Å². The van der Waals surface area contributed by atoms with E-state index in [1.54, 1.807) is 24.3 Å². The summed E-state index contributed by atoms with van der Waals surface area (Å²) < 4.78 is 11.0. The summed E-state index contributed by atoms with van der Waals surface area (Å²) in [5.41, 5.74) is 0.568. The van der Waals surface area contributed by atoms with Crippen molar-refractivity contribution in [1.82, 2.24) is 0 Å². The van der Waals surface area contributed by atoms with Crippen molar-refractivity contribution in [1.29, 1.82) is 0 Å². The third-order valence-electron chi connectivity index (χ3n) is 1.85. The third-order valence-corrected chi connectivity index (χ3v) is 2.57. The van der Waals surface area contributed by atoms with Crippen LogP contribution in [0.5, 0.6) is 0 Å². The topological polar surface area (TPSA) is 78.2 Å². The molecule has 0 radical (unpaired) electrons. The molecule has 1 atom stereocenters. The van der Waals surface area contributed by atoms with E-state index in [4.69, 9.17) is 11.6 Å². The maximum absolute atomic E-state index is 11.3. The van der Waals surface area contributed by atoms with Gasteiger partial charge in [-0.25, -0.2) is 0 Å². The first-order chi connectivity index (χ1) is 7.63. The molecule has 0 aromatic heterocycles. The predicted octanol–water partition coefficient (Wildman–Crippen LogP) is 1.02. The van der Waals surface area contributed by atoms with Crippen LogP contribution in [0.3, 0.4) is 0 Å². The van der Waals surface area contributed by atoms with Gasteiger partial charge in [0.25, 0.3) is 0 Å². The summed E-state index contributed by atoms with van der Waals surface area (Å²) in [6.45, 7) is 0. The van der Waals surface area contributed by atoms with Gasteiger partial charge in [0.2, 0.25) is 5.91 Å². The molecule has 1 aromatic carbocycles. The number of rotatable bonds is 4. The largest absolute Gasteiger partial charge is 0.593 e. The van der Waals surface area contributed by atoms with Crippen molar-refractivity contribution in [2.24, 2.45) is 5.14 Å². The van der Waals surface area contributed by atoms with Gasteiger partial charge in [-0.1, -0.05) is 6.07 Å². The lowest BCUT2D eigenvalue weighted by atomic mass is 10.2. The molecular formula is C11H12N2O2S.